The summed E-state index contributed by atoms with van der Waals surface area (Å²) >= 11 is 3.33. The fraction of sp³-hybridized carbons (Fsp3) is 0.200. The Balaban J connectivity index is 1.52. The van der Waals surface area contributed by atoms with Crippen LogP contribution in [0.15, 0.2) is 53.0 Å². The molecule has 27 heavy (non-hydrogen) atoms. The molecular weight excluding hydrogens is 378 g/mol. The van der Waals surface area contributed by atoms with Crippen LogP contribution in [0.1, 0.15) is 5.69 Å². The number of nitrogens with zero attached hydrogens (tertiary/aromatic N) is 3. The van der Waals surface area contributed by atoms with E-state index < -0.39 is 0 Å². The highest BCUT2D eigenvalue weighted by molar-refractivity contribution is 7.98. The number of rotatable bonds is 6. The van der Waals surface area contributed by atoms with Gasteiger partial charge in [-0.3, -0.25) is 0 Å². The zero-order valence-electron chi connectivity index (χ0n) is 15.3. The summed E-state index contributed by atoms with van der Waals surface area (Å²) in [6.07, 6.45) is 0. The second-order valence-corrected chi connectivity index (χ2v) is 7.75. The van der Waals surface area contributed by atoms with E-state index in [2.05, 4.69) is 16.0 Å². The van der Waals surface area contributed by atoms with Crippen molar-refractivity contribution in [3.63, 3.8) is 0 Å². The van der Waals surface area contributed by atoms with Gasteiger partial charge in [0.1, 0.15) is 5.01 Å². The Kier molecular flexibility index (Phi) is 5.05. The molecule has 0 bridgehead atoms. The number of aryl methyl sites for hydroxylation is 1. The lowest BCUT2D eigenvalue weighted by Gasteiger charge is -2.08. The predicted molar refractivity (Wildman–Crippen MR) is 111 cm³/mol. The number of benzene rings is 2. The van der Waals surface area contributed by atoms with Crippen molar-refractivity contribution in [2.75, 3.05) is 14.2 Å². The summed E-state index contributed by atoms with van der Waals surface area (Å²) < 4.78 is 12.8. The van der Waals surface area contributed by atoms with E-state index >= 15 is 0 Å². The van der Waals surface area contributed by atoms with Crippen molar-refractivity contribution < 1.29 is 9.47 Å². The Morgan fingerprint density at radius 3 is 2.63 bits per heavy atom. The summed E-state index contributed by atoms with van der Waals surface area (Å²) in [6, 6.07) is 14.0. The molecule has 0 aliphatic heterocycles. The third kappa shape index (κ3) is 3.52. The van der Waals surface area contributed by atoms with Gasteiger partial charge in [0.25, 0.3) is 0 Å². The molecule has 0 spiro atoms. The van der Waals surface area contributed by atoms with E-state index in [-0.39, 0.29) is 0 Å². The number of aromatic nitrogens is 3. The van der Waals surface area contributed by atoms with Crippen LogP contribution in [-0.2, 0) is 12.8 Å². The molecular formula is C20H19N3O2S2. The molecule has 0 saturated heterocycles. The van der Waals surface area contributed by atoms with Crippen molar-refractivity contribution in [2.24, 2.45) is 7.05 Å². The lowest BCUT2D eigenvalue weighted by atomic mass is 10.2. The van der Waals surface area contributed by atoms with Crippen LogP contribution in [0.3, 0.4) is 0 Å². The summed E-state index contributed by atoms with van der Waals surface area (Å²) in [7, 11) is 5.33. The van der Waals surface area contributed by atoms with Gasteiger partial charge in [0, 0.05) is 23.7 Å². The molecule has 2 aromatic heterocycles. The van der Waals surface area contributed by atoms with Gasteiger partial charge in [0.05, 0.1) is 30.9 Å². The van der Waals surface area contributed by atoms with Crippen LogP contribution in [0.5, 0.6) is 11.5 Å². The summed E-state index contributed by atoms with van der Waals surface area (Å²) in [6.45, 7) is 0. The number of imidazole rings is 1. The SMILES string of the molecule is COc1ccc(-c2nc(CSc3nc4ccccc4n3C)cs2)cc1OC. The topological polar surface area (TPSA) is 49.2 Å². The van der Waals surface area contributed by atoms with Crippen molar-refractivity contribution in [1.29, 1.82) is 0 Å². The molecule has 138 valence electrons. The van der Waals surface area contributed by atoms with Gasteiger partial charge in [-0.15, -0.1) is 11.3 Å². The van der Waals surface area contributed by atoms with Gasteiger partial charge < -0.3 is 14.0 Å². The highest BCUT2D eigenvalue weighted by atomic mass is 32.2. The highest BCUT2D eigenvalue weighted by Gasteiger charge is 2.12. The summed E-state index contributed by atoms with van der Waals surface area (Å²) in [5, 5.41) is 4.07. The molecule has 4 aromatic rings. The van der Waals surface area contributed by atoms with Crippen LogP contribution in [0, 0.1) is 0 Å². The average Bonchev–Trinajstić information content (AvgIpc) is 3.31. The molecule has 0 fully saturated rings. The number of ether oxygens (including phenoxy) is 2. The smallest absolute Gasteiger partial charge is 0.169 e. The normalized spacial score (nSPS) is 11.1. The molecule has 0 saturated carbocycles. The molecule has 0 N–H and O–H groups in total. The van der Waals surface area contributed by atoms with E-state index in [0.717, 1.165) is 44.0 Å². The van der Waals surface area contributed by atoms with Gasteiger partial charge in [-0.25, -0.2) is 9.97 Å². The maximum absolute atomic E-state index is 5.39. The molecule has 4 rings (SSSR count). The van der Waals surface area contributed by atoms with Crippen LogP contribution in [0.4, 0.5) is 0 Å². The Labute approximate surface area is 166 Å². The van der Waals surface area contributed by atoms with E-state index in [1.54, 1.807) is 37.3 Å². The molecule has 2 aromatic carbocycles. The maximum atomic E-state index is 5.39. The minimum Gasteiger partial charge on any atom is -0.493 e. The molecule has 0 atom stereocenters. The molecule has 7 heteroatoms. The summed E-state index contributed by atoms with van der Waals surface area (Å²) in [4.78, 5) is 9.48. The molecule has 0 amide bonds. The van der Waals surface area contributed by atoms with E-state index in [0.29, 0.717) is 5.75 Å². The fourth-order valence-electron chi connectivity index (χ4n) is 2.87. The van der Waals surface area contributed by atoms with Crippen LogP contribution >= 0.6 is 23.1 Å². The number of para-hydroxylation sites is 2. The van der Waals surface area contributed by atoms with Gasteiger partial charge in [-0.2, -0.15) is 0 Å². The van der Waals surface area contributed by atoms with E-state index in [1.807, 2.05) is 43.4 Å². The lowest BCUT2D eigenvalue weighted by molar-refractivity contribution is 0.355. The number of methoxy groups -OCH3 is 2. The number of thioether (sulfide) groups is 1. The van der Waals surface area contributed by atoms with Gasteiger partial charge in [-0.1, -0.05) is 23.9 Å². The third-order valence-corrected chi connectivity index (χ3v) is 6.28. The Morgan fingerprint density at radius 2 is 1.85 bits per heavy atom. The second kappa shape index (κ2) is 7.62. The van der Waals surface area contributed by atoms with Crippen molar-refractivity contribution in [1.82, 2.24) is 14.5 Å². The van der Waals surface area contributed by atoms with Gasteiger partial charge in [0.15, 0.2) is 16.7 Å². The lowest BCUT2D eigenvalue weighted by Crippen LogP contribution is -1.92. The zero-order valence-corrected chi connectivity index (χ0v) is 16.9. The zero-order chi connectivity index (χ0) is 18.8. The standard InChI is InChI=1S/C20H19N3O2S2/c1-23-16-7-5-4-6-15(16)22-20(23)27-12-14-11-26-19(21-14)13-8-9-17(24-2)18(10-13)25-3/h4-11H,12H2,1-3H3. The Hall–Kier alpha value is -2.51. The van der Waals surface area contributed by atoms with Crippen molar-refractivity contribution in [2.45, 2.75) is 10.9 Å². The van der Waals surface area contributed by atoms with Crippen LogP contribution in [0.25, 0.3) is 21.6 Å². The minimum absolute atomic E-state index is 0.709. The fourth-order valence-corrected chi connectivity index (χ4v) is 4.67. The largest absolute Gasteiger partial charge is 0.493 e. The Bertz CT molecular complexity index is 1090. The van der Waals surface area contributed by atoms with Crippen LogP contribution < -0.4 is 9.47 Å². The third-order valence-electron chi connectivity index (χ3n) is 4.28. The predicted octanol–water partition coefficient (Wildman–Crippen LogP) is 5.01. The van der Waals surface area contributed by atoms with Gasteiger partial charge in [0.2, 0.25) is 0 Å². The van der Waals surface area contributed by atoms with Crippen molar-refractivity contribution in [3.8, 4) is 22.1 Å². The molecule has 0 aliphatic rings. The maximum Gasteiger partial charge on any atom is 0.169 e. The molecule has 5 nitrogen and oxygen atoms in total. The van der Waals surface area contributed by atoms with Crippen molar-refractivity contribution in [3.05, 3.63) is 53.5 Å². The first-order valence-corrected chi connectivity index (χ1v) is 10.3. The minimum atomic E-state index is 0.709. The number of hydrogen-bond donors (Lipinski definition) is 0. The first kappa shape index (κ1) is 17.9. The number of thiazole rings is 1. The van der Waals surface area contributed by atoms with Crippen molar-refractivity contribution >= 4 is 34.1 Å². The van der Waals surface area contributed by atoms with E-state index in [9.17, 15) is 0 Å². The highest BCUT2D eigenvalue weighted by Crippen LogP contribution is 2.34. The van der Waals surface area contributed by atoms with E-state index in [1.165, 1.54) is 0 Å². The van der Waals surface area contributed by atoms with Gasteiger partial charge >= 0.3 is 0 Å². The first-order valence-electron chi connectivity index (χ1n) is 8.40. The number of hydrogen-bond acceptors (Lipinski definition) is 6. The quantitative estimate of drug-likeness (QED) is 0.428. The average molecular weight is 398 g/mol. The molecule has 0 aliphatic carbocycles. The number of fused-ring (bicyclic) bond motifs is 1. The Morgan fingerprint density at radius 1 is 1.04 bits per heavy atom. The van der Waals surface area contributed by atoms with Gasteiger partial charge in [-0.05, 0) is 30.3 Å². The summed E-state index contributed by atoms with van der Waals surface area (Å²) in [5.41, 5.74) is 4.23. The van der Waals surface area contributed by atoms with Crippen LogP contribution in [-0.4, -0.2) is 28.8 Å². The van der Waals surface area contributed by atoms with Crippen LogP contribution in [0.2, 0.25) is 0 Å². The molecule has 0 radical (unpaired) electrons. The summed E-state index contributed by atoms with van der Waals surface area (Å²) in [5.74, 6) is 2.21. The molecule has 2 heterocycles. The first-order chi connectivity index (χ1) is 13.2. The second-order valence-electron chi connectivity index (χ2n) is 5.94. The molecule has 0 unspecified atom stereocenters. The monoisotopic (exact) mass is 397 g/mol. The van der Waals surface area contributed by atoms with E-state index in [4.69, 9.17) is 19.4 Å².